The monoisotopic (exact) mass is 454 g/mol. The summed E-state index contributed by atoms with van der Waals surface area (Å²) in [7, 11) is -0.842. The lowest BCUT2D eigenvalue weighted by atomic mass is 9.94. The van der Waals surface area contributed by atoms with Gasteiger partial charge in [-0.25, -0.2) is 0 Å². The summed E-state index contributed by atoms with van der Waals surface area (Å²) >= 11 is 0. The number of ether oxygens (including phenoxy) is 4. The van der Waals surface area contributed by atoms with E-state index in [1.54, 1.807) is 21.3 Å². The van der Waals surface area contributed by atoms with Gasteiger partial charge in [0, 0.05) is 21.3 Å². The molecule has 1 heterocycles. The molecule has 1 aliphatic heterocycles. The normalized spacial score (nSPS) is 29.1. The second-order valence-electron chi connectivity index (χ2n) is 10.1. The Morgan fingerprint density at radius 1 is 0.714 bits per heavy atom. The molecular weight excluding hydrogens is 412 g/mol. The van der Waals surface area contributed by atoms with Crippen LogP contribution in [0.3, 0.4) is 0 Å². The molecule has 0 bridgehead atoms. The molecule has 4 atom stereocenters. The molecule has 4 unspecified atom stereocenters. The molecule has 1 fully saturated rings. The molecule has 1 saturated heterocycles. The molecule has 0 amide bonds. The summed E-state index contributed by atoms with van der Waals surface area (Å²) in [5, 5.41) is 0. The Labute approximate surface area is 174 Å². The standard InChI is InChI=1S/C18H42O7Si3/c1-19-17-16(25-28(10,11)12)18(20-2,21-3)15(24-27(7,8)9)14(23-17)13-22-26(4,5)6/h14-17H,13H2,1-12H3. The predicted octanol–water partition coefficient (Wildman–Crippen LogP) is 3.64. The van der Waals surface area contributed by atoms with Crippen molar-refractivity contribution in [2.75, 3.05) is 27.9 Å². The van der Waals surface area contributed by atoms with E-state index in [2.05, 4.69) is 58.9 Å². The Balaban J connectivity index is 3.40. The van der Waals surface area contributed by atoms with Crippen molar-refractivity contribution in [1.29, 1.82) is 0 Å². The maximum absolute atomic E-state index is 6.57. The minimum atomic E-state index is -1.97. The summed E-state index contributed by atoms with van der Waals surface area (Å²) < 4.78 is 43.2. The summed E-state index contributed by atoms with van der Waals surface area (Å²) in [5.74, 6) is -1.16. The van der Waals surface area contributed by atoms with E-state index in [9.17, 15) is 0 Å². The molecule has 168 valence electrons. The first-order chi connectivity index (χ1) is 12.6. The number of hydrogen-bond acceptors (Lipinski definition) is 7. The molecule has 0 radical (unpaired) electrons. The summed E-state index contributed by atoms with van der Waals surface area (Å²) in [6.07, 6.45) is -2.13. The Hall–Kier alpha value is 0.371. The van der Waals surface area contributed by atoms with Gasteiger partial charge in [0.15, 0.2) is 37.3 Å². The zero-order valence-corrected chi connectivity index (χ0v) is 22.9. The Kier molecular flexibility index (Phi) is 9.12. The van der Waals surface area contributed by atoms with Crippen LogP contribution in [-0.2, 0) is 32.2 Å². The number of hydrogen-bond donors (Lipinski definition) is 0. The van der Waals surface area contributed by atoms with Crippen molar-refractivity contribution in [1.82, 2.24) is 0 Å². The zero-order chi connectivity index (χ0) is 22.0. The average molecular weight is 455 g/mol. The largest absolute Gasteiger partial charge is 0.415 e. The van der Waals surface area contributed by atoms with E-state index in [0.717, 1.165) is 0 Å². The molecule has 0 saturated carbocycles. The highest BCUT2D eigenvalue weighted by atomic mass is 28.4. The third-order valence-corrected chi connectivity index (χ3v) is 7.15. The third kappa shape index (κ3) is 7.25. The molecule has 28 heavy (non-hydrogen) atoms. The van der Waals surface area contributed by atoms with Gasteiger partial charge in [0.2, 0.25) is 5.79 Å². The van der Waals surface area contributed by atoms with E-state index in [4.69, 9.17) is 32.2 Å². The van der Waals surface area contributed by atoms with Crippen LogP contribution in [0.5, 0.6) is 0 Å². The van der Waals surface area contributed by atoms with Gasteiger partial charge < -0.3 is 32.2 Å². The topological polar surface area (TPSA) is 64.6 Å². The smallest absolute Gasteiger partial charge is 0.226 e. The number of rotatable bonds is 10. The lowest BCUT2D eigenvalue weighted by molar-refractivity contribution is -0.390. The molecule has 0 aromatic heterocycles. The van der Waals surface area contributed by atoms with Crippen molar-refractivity contribution in [3.8, 4) is 0 Å². The zero-order valence-electron chi connectivity index (χ0n) is 19.9. The highest BCUT2D eigenvalue weighted by Crippen LogP contribution is 2.40. The third-order valence-electron chi connectivity index (χ3n) is 4.20. The van der Waals surface area contributed by atoms with Crippen LogP contribution in [0.4, 0.5) is 0 Å². The maximum atomic E-state index is 6.57. The summed E-state index contributed by atoms with van der Waals surface area (Å²) in [6.45, 7) is 19.6. The SMILES string of the molecule is COC1OC(CO[Si](C)(C)C)C(O[Si](C)(C)C)C(OC)(OC)C1O[Si](C)(C)C. The fraction of sp³-hybridized carbons (Fsp3) is 1.00. The lowest BCUT2D eigenvalue weighted by Crippen LogP contribution is -2.72. The van der Waals surface area contributed by atoms with Gasteiger partial charge in [-0.2, -0.15) is 0 Å². The second-order valence-corrected chi connectivity index (χ2v) is 23.6. The molecule has 7 nitrogen and oxygen atoms in total. The van der Waals surface area contributed by atoms with Crippen molar-refractivity contribution in [3.63, 3.8) is 0 Å². The molecule has 0 aliphatic carbocycles. The van der Waals surface area contributed by atoms with Crippen molar-refractivity contribution >= 4 is 25.0 Å². The van der Waals surface area contributed by atoms with Gasteiger partial charge in [-0.1, -0.05) is 0 Å². The minimum absolute atomic E-state index is 0.388. The van der Waals surface area contributed by atoms with Crippen LogP contribution in [-0.4, -0.2) is 83.3 Å². The molecule has 1 aliphatic rings. The Morgan fingerprint density at radius 2 is 1.18 bits per heavy atom. The predicted molar refractivity (Wildman–Crippen MR) is 118 cm³/mol. The average Bonchev–Trinajstić information content (AvgIpc) is 2.51. The molecule has 10 heteroatoms. The molecule has 0 aromatic rings. The van der Waals surface area contributed by atoms with E-state index < -0.39 is 55.3 Å². The van der Waals surface area contributed by atoms with Crippen molar-refractivity contribution in [2.24, 2.45) is 0 Å². The number of methoxy groups -OCH3 is 3. The van der Waals surface area contributed by atoms with E-state index in [1.807, 2.05) is 0 Å². The van der Waals surface area contributed by atoms with Crippen LogP contribution in [0.15, 0.2) is 0 Å². The van der Waals surface area contributed by atoms with Gasteiger partial charge in [-0.3, -0.25) is 0 Å². The van der Waals surface area contributed by atoms with Gasteiger partial charge in [0.05, 0.1) is 6.61 Å². The molecular formula is C18H42O7Si3. The van der Waals surface area contributed by atoms with Crippen LogP contribution in [0.2, 0.25) is 58.9 Å². The quantitative estimate of drug-likeness (QED) is 0.369. The fourth-order valence-electron chi connectivity index (χ4n) is 3.17. The van der Waals surface area contributed by atoms with Crippen LogP contribution in [0.1, 0.15) is 0 Å². The first-order valence-corrected chi connectivity index (χ1v) is 20.1. The molecule has 0 aromatic carbocycles. The van der Waals surface area contributed by atoms with Crippen molar-refractivity contribution in [2.45, 2.75) is 89.3 Å². The summed E-state index contributed by atoms with van der Waals surface area (Å²) in [4.78, 5) is 0. The highest BCUT2D eigenvalue weighted by molar-refractivity contribution is 6.70. The van der Waals surface area contributed by atoms with E-state index in [0.29, 0.717) is 6.61 Å². The lowest BCUT2D eigenvalue weighted by Gasteiger charge is -2.54. The molecule has 0 N–H and O–H groups in total. The van der Waals surface area contributed by atoms with Crippen molar-refractivity contribution in [3.05, 3.63) is 0 Å². The first kappa shape index (κ1) is 26.4. The van der Waals surface area contributed by atoms with Gasteiger partial charge in [-0.15, -0.1) is 0 Å². The van der Waals surface area contributed by atoms with Crippen LogP contribution < -0.4 is 0 Å². The molecule has 0 spiro atoms. The maximum Gasteiger partial charge on any atom is 0.226 e. The van der Waals surface area contributed by atoms with Gasteiger partial charge in [0.1, 0.15) is 12.2 Å². The van der Waals surface area contributed by atoms with E-state index in [1.165, 1.54) is 0 Å². The summed E-state index contributed by atoms with van der Waals surface area (Å²) in [6, 6.07) is 0. The van der Waals surface area contributed by atoms with Crippen LogP contribution >= 0.6 is 0 Å². The van der Waals surface area contributed by atoms with E-state index >= 15 is 0 Å². The fourth-order valence-corrected chi connectivity index (χ4v) is 5.95. The first-order valence-electron chi connectivity index (χ1n) is 9.86. The van der Waals surface area contributed by atoms with Gasteiger partial charge in [0.25, 0.3) is 0 Å². The minimum Gasteiger partial charge on any atom is -0.415 e. The second kappa shape index (κ2) is 9.67. The van der Waals surface area contributed by atoms with Gasteiger partial charge in [-0.05, 0) is 58.9 Å². The molecule has 1 rings (SSSR count). The van der Waals surface area contributed by atoms with Crippen molar-refractivity contribution < 1.29 is 32.2 Å². The summed E-state index contributed by atoms with van der Waals surface area (Å²) in [5.41, 5.74) is 0. The van der Waals surface area contributed by atoms with E-state index in [-0.39, 0.29) is 0 Å². The Bertz CT molecular complexity index is 481. The van der Waals surface area contributed by atoms with Crippen LogP contribution in [0, 0.1) is 0 Å². The highest BCUT2D eigenvalue weighted by Gasteiger charge is 2.61. The van der Waals surface area contributed by atoms with Gasteiger partial charge >= 0.3 is 0 Å². The Morgan fingerprint density at radius 3 is 1.54 bits per heavy atom. The van der Waals surface area contributed by atoms with Crippen LogP contribution in [0.25, 0.3) is 0 Å².